The molecule has 0 aliphatic carbocycles. The van der Waals surface area contributed by atoms with Gasteiger partial charge in [0.1, 0.15) is 0 Å². The predicted octanol–water partition coefficient (Wildman–Crippen LogP) is 16.9. The van der Waals surface area contributed by atoms with Crippen molar-refractivity contribution in [2.45, 2.75) is 6.92 Å². The summed E-state index contributed by atoms with van der Waals surface area (Å²) in [6, 6.07) is 80.0. The number of aromatic nitrogens is 2. The van der Waals surface area contributed by atoms with Gasteiger partial charge in [-0.3, -0.25) is 0 Å². The third-order valence-corrected chi connectivity index (χ3v) is 12.4. The van der Waals surface area contributed by atoms with Crippen LogP contribution in [-0.4, -0.2) is 9.13 Å². The smallest absolute Gasteiger partial charge is 0.0547 e. The first-order valence-electron chi connectivity index (χ1n) is 21.7. The molecule has 0 bridgehead atoms. The monoisotopic (exact) mass is 804 g/mol. The topological polar surface area (TPSA) is 9.86 Å². The molecule has 2 aromatic heterocycles. The van der Waals surface area contributed by atoms with Crippen LogP contribution in [0.15, 0.2) is 243 Å². The van der Waals surface area contributed by atoms with Gasteiger partial charge in [-0.05, 0) is 111 Å². The molecule has 0 atom stereocenters. The zero-order valence-electron chi connectivity index (χ0n) is 35.1. The quantitative estimate of drug-likeness (QED) is 0.117. The largest absolute Gasteiger partial charge is 0.309 e. The van der Waals surface area contributed by atoms with E-state index in [1.165, 1.54) is 104 Å². The molecule has 0 amide bonds. The van der Waals surface area contributed by atoms with Crippen LogP contribution in [0.5, 0.6) is 0 Å². The molecule has 0 saturated carbocycles. The van der Waals surface area contributed by atoms with Crippen molar-refractivity contribution in [3.05, 3.63) is 243 Å². The standard InChI is InChI=1S/C56H36N2.C5H8/c1-2-15-37(16-3-1)38-18-14-19-42(33-38)57-52-26-11-10-25-48(52)51-34-39(30-32-55(51)57)40-29-31-49-46-23-8-12-27-53(46)58(56(49)36-40)54-28-13-9-24-47(54)50-35-41-17-4-5-20-43(41)44-21-6-7-22-45(44)50;1-3-5-4-2/h1-36H;3-5H,1H2,2H3/b;5-4-. The summed E-state index contributed by atoms with van der Waals surface area (Å²) < 4.78 is 4.90. The fourth-order valence-electron chi connectivity index (χ4n) is 9.61. The first kappa shape index (κ1) is 37.8. The molecule has 0 spiro atoms. The van der Waals surface area contributed by atoms with Crippen LogP contribution in [0.1, 0.15) is 6.92 Å². The van der Waals surface area contributed by atoms with Crippen molar-refractivity contribution >= 4 is 65.2 Å². The third kappa shape index (κ3) is 6.52. The normalized spacial score (nSPS) is 11.6. The summed E-state index contributed by atoms with van der Waals surface area (Å²) in [5.41, 5.74) is 14.4. The summed E-state index contributed by atoms with van der Waals surface area (Å²) in [4.78, 5) is 0. The molecule has 12 aromatic rings. The molecule has 298 valence electrons. The van der Waals surface area contributed by atoms with Crippen LogP contribution in [0, 0.1) is 0 Å². The number of benzene rings is 10. The Kier molecular flexibility index (Phi) is 9.60. The van der Waals surface area contributed by atoms with Crippen LogP contribution in [0.25, 0.3) is 110 Å². The lowest BCUT2D eigenvalue weighted by molar-refractivity contribution is 1.18. The van der Waals surface area contributed by atoms with Crippen LogP contribution in [-0.2, 0) is 0 Å². The summed E-state index contributed by atoms with van der Waals surface area (Å²) >= 11 is 0. The van der Waals surface area contributed by atoms with Gasteiger partial charge >= 0.3 is 0 Å². The lowest BCUT2D eigenvalue weighted by atomic mass is 9.92. The van der Waals surface area contributed by atoms with Crippen molar-refractivity contribution in [3.8, 4) is 44.8 Å². The minimum Gasteiger partial charge on any atom is -0.309 e. The van der Waals surface area contributed by atoms with Crippen LogP contribution in [0.3, 0.4) is 0 Å². The summed E-state index contributed by atoms with van der Waals surface area (Å²) in [6.45, 7) is 5.42. The van der Waals surface area contributed by atoms with Crippen molar-refractivity contribution in [2.75, 3.05) is 0 Å². The van der Waals surface area contributed by atoms with E-state index in [2.05, 4.69) is 234 Å². The highest BCUT2D eigenvalue weighted by Crippen LogP contribution is 2.42. The van der Waals surface area contributed by atoms with Gasteiger partial charge in [0.2, 0.25) is 0 Å². The number of fused-ring (bicyclic) bond motifs is 9. The molecule has 0 fully saturated rings. The molecule has 2 nitrogen and oxygen atoms in total. The lowest BCUT2D eigenvalue weighted by Crippen LogP contribution is -1.98. The zero-order valence-corrected chi connectivity index (χ0v) is 35.1. The van der Waals surface area contributed by atoms with Gasteiger partial charge in [-0.1, -0.05) is 189 Å². The molecule has 0 aliphatic heterocycles. The van der Waals surface area contributed by atoms with E-state index in [-0.39, 0.29) is 0 Å². The minimum absolute atomic E-state index is 1.16. The molecule has 0 saturated heterocycles. The first-order chi connectivity index (χ1) is 31.2. The maximum absolute atomic E-state index is 3.46. The second-order valence-corrected chi connectivity index (χ2v) is 16.1. The van der Waals surface area contributed by atoms with E-state index in [1.54, 1.807) is 6.08 Å². The molecule has 12 rings (SSSR count). The van der Waals surface area contributed by atoms with Crippen LogP contribution >= 0.6 is 0 Å². The highest BCUT2D eigenvalue weighted by Gasteiger charge is 2.19. The number of rotatable bonds is 6. The van der Waals surface area contributed by atoms with Crippen molar-refractivity contribution in [2.24, 2.45) is 0 Å². The van der Waals surface area contributed by atoms with Crippen molar-refractivity contribution < 1.29 is 0 Å². The molecule has 0 aliphatic rings. The Bertz CT molecular complexity index is 3710. The van der Waals surface area contributed by atoms with Crippen molar-refractivity contribution in [1.82, 2.24) is 9.13 Å². The highest BCUT2D eigenvalue weighted by atomic mass is 15.0. The molecule has 0 radical (unpaired) electrons. The van der Waals surface area contributed by atoms with E-state index in [0.717, 1.165) is 5.69 Å². The highest BCUT2D eigenvalue weighted by molar-refractivity contribution is 6.16. The maximum Gasteiger partial charge on any atom is 0.0547 e. The third-order valence-electron chi connectivity index (χ3n) is 12.4. The SMILES string of the molecule is C=C/C=C\C.c1ccc(-c2cccc(-n3c4ccccc4c4cc(-c5ccc6c7ccccc7n(-c7ccccc7-c7cc8ccccc8c8ccccc78)c6c5)ccc43)c2)cc1. The fourth-order valence-corrected chi connectivity index (χ4v) is 9.61. The molecular formula is C61H44N2. The second-order valence-electron chi connectivity index (χ2n) is 16.1. The van der Waals surface area contributed by atoms with Crippen molar-refractivity contribution in [1.29, 1.82) is 0 Å². The molecule has 10 aromatic carbocycles. The Hall–Kier alpha value is -8.20. The summed E-state index contributed by atoms with van der Waals surface area (Å²) in [5.74, 6) is 0. The second kappa shape index (κ2) is 16.0. The van der Waals surface area contributed by atoms with Crippen LogP contribution < -0.4 is 0 Å². The van der Waals surface area contributed by atoms with Gasteiger partial charge in [0.05, 0.1) is 27.8 Å². The average molecular weight is 805 g/mol. The number of allylic oxidation sites excluding steroid dienone is 3. The zero-order chi connectivity index (χ0) is 42.3. The molecule has 63 heavy (non-hydrogen) atoms. The molecular weight excluding hydrogens is 761 g/mol. The summed E-state index contributed by atoms with van der Waals surface area (Å²) in [6.07, 6.45) is 5.58. The van der Waals surface area contributed by atoms with Gasteiger partial charge in [0.15, 0.2) is 0 Å². The predicted molar refractivity (Wildman–Crippen MR) is 271 cm³/mol. The van der Waals surface area contributed by atoms with Crippen LogP contribution in [0.4, 0.5) is 0 Å². The number of nitrogens with zero attached hydrogens (tertiary/aromatic N) is 2. The Morgan fingerprint density at radius 2 is 0.921 bits per heavy atom. The van der Waals surface area contributed by atoms with Gasteiger partial charge in [0.25, 0.3) is 0 Å². The lowest BCUT2D eigenvalue weighted by Gasteiger charge is -2.17. The molecule has 0 unspecified atom stereocenters. The summed E-state index contributed by atoms with van der Waals surface area (Å²) in [7, 11) is 0. The number of para-hydroxylation sites is 3. The van der Waals surface area contributed by atoms with E-state index >= 15 is 0 Å². The van der Waals surface area contributed by atoms with E-state index in [1.807, 2.05) is 19.1 Å². The average Bonchev–Trinajstić information content (AvgIpc) is 3.86. The van der Waals surface area contributed by atoms with Gasteiger partial charge < -0.3 is 9.13 Å². The fraction of sp³-hybridized carbons (Fsp3) is 0.0164. The van der Waals surface area contributed by atoms with Gasteiger partial charge in [-0.25, -0.2) is 0 Å². The van der Waals surface area contributed by atoms with Gasteiger partial charge in [0, 0.05) is 32.8 Å². The Labute approximate surface area is 367 Å². The first-order valence-corrected chi connectivity index (χ1v) is 21.7. The Morgan fingerprint density at radius 1 is 0.349 bits per heavy atom. The van der Waals surface area contributed by atoms with Crippen molar-refractivity contribution in [3.63, 3.8) is 0 Å². The maximum atomic E-state index is 3.46. The molecule has 2 heterocycles. The van der Waals surface area contributed by atoms with Gasteiger partial charge in [-0.15, -0.1) is 0 Å². The minimum atomic E-state index is 1.16. The molecule has 0 N–H and O–H groups in total. The number of hydrogen-bond donors (Lipinski definition) is 0. The summed E-state index contributed by atoms with van der Waals surface area (Å²) in [5, 5.41) is 10.0. The van der Waals surface area contributed by atoms with Gasteiger partial charge in [-0.2, -0.15) is 0 Å². The number of hydrogen-bond acceptors (Lipinski definition) is 0. The van der Waals surface area contributed by atoms with E-state index in [0.29, 0.717) is 0 Å². The molecule has 2 heteroatoms. The Morgan fingerprint density at radius 3 is 1.70 bits per heavy atom. The van der Waals surface area contributed by atoms with E-state index < -0.39 is 0 Å². The van der Waals surface area contributed by atoms with E-state index in [9.17, 15) is 0 Å². The van der Waals surface area contributed by atoms with E-state index in [4.69, 9.17) is 0 Å². The van der Waals surface area contributed by atoms with Crippen LogP contribution in [0.2, 0.25) is 0 Å². The Balaban J connectivity index is 0.000000844.